The van der Waals surface area contributed by atoms with Crippen LogP contribution in [-0.4, -0.2) is 74.9 Å². The van der Waals surface area contributed by atoms with E-state index < -0.39 is 26.5 Å². The molecule has 9 nitrogen and oxygen atoms in total. The van der Waals surface area contributed by atoms with Crippen LogP contribution in [0.25, 0.3) is 0 Å². The van der Waals surface area contributed by atoms with Crippen LogP contribution in [0.3, 0.4) is 0 Å². The van der Waals surface area contributed by atoms with Crippen molar-refractivity contribution in [2.24, 2.45) is 0 Å². The fourth-order valence-electron chi connectivity index (χ4n) is 8.29. The van der Waals surface area contributed by atoms with Gasteiger partial charge < -0.3 is 18.9 Å². The number of allylic oxidation sites excluding steroid dienone is 14. The van der Waals surface area contributed by atoms with E-state index in [2.05, 4.69) is 98.9 Å². The van der Waals surface area contributed by atoms with Crippen LogP contribution in [-0.2, 0) is 32.7 Å². The first-order valence-electron chi connectivity index (χ1n) is 30.3. The number of hydrogen-bond donors (Lipinski definition) is 1. The van der Waals surface area contributed by atoms with Crippen LogP contribution in [0.5, 0.6) is 0 Å². The second-order valence-corrected chi connectivity index (χ2v) is 22.8. The van der Waals surface area contributed by atoms with Crippen molar-refractivity contribution in [2.75, 3.05) is 47.5 Å². The van der Waals surface area contributed by atoms with E-state index in [1.54, 1.807) is 0 Å². The highest BCUT2D eigenvalue weighted by atomic mass is 31.2. The number of esters is 2. The summed E-state index contributed by atoms with van der Waals surface area (Å²) >= 11 is 0. The summed E-state index contributed by atoms with van der Waals surface area (Å²) in [5, 5.41) is 0. The fraction of sp³-hybridized carbons (Fsp3) is 0.750. The van der Waals surface area contributed by atoms with Gasteiger partial charge in [-0.2, -0.15) is 0 Å². The lowest BCUT2D eigenvalue weighted by Gasteiger charge is -2.24. The van der Waals surface area contributed by atoms with Crippen molar-refractivity contribution in [3.63, 3.8) is 0 Å². The first-order valence-corrected chi connectivity index (χ1v) is 31.8. The molecular formula is C64H115NO8P+. The Bertz CT molecular complexity index is 1520. The van der Waals surface area contributed by atoms with Crippen molar-refractivity contribution >= 4 is 19.8 Å². The van der Waals surface area contributed by atoms with Gasteiger partial charge in [0.25, 0.3) is 0 Å². The first-order chi connectivity index (χ1) is 36.0. The number of phosphoric acid groups is 1. The van der Waals surface area contributed by atoms with Crippen LogP contribution >= 0.6 is 7.82 Å². The standard InChI is InChI=1S/C64H114NO8P/c1-6-8-10-12-14-16-18-20-22-24-26-28-30-31-32-33-35-37-39-41-43-45-47-49-51-53-55-57-64(67)73-62(61-72-74(68,69)71-59-58-65(3,4)5)60-70-63(66)56-54-52-50-48-46-44-42-40-38-36-34-29-27-25-23-21-19-17-15-13-11-9-7-2/h8,10,14,16,20,22,26,28,31-32,35,37,41,43,62H,6-7,9,11-13,15,17-19,21,23-25,27,29-30,33-34,36,38-40,42,44-61H2,1-5H3/p+1/b10-8-,16-14-,22-20-,28-26-,32-31-,37-35-,43-41-. The van der Waals surface area contributed by atoms with Crippen molar-refractivity contribution in [3.8, 4) is 0 Å². The molecule has 0 aromatic heterocycles. The monoisotopic (exact) mass is 1060 g/mol. The molecule has 0 aliphatic rings. The van der Waals surface area contributed by atoms with Crippen molar-refractivity contribution < 1.29 is 42.1 Å². The van der Waals surface area contributed by atoms with E-state index in [0.717, 1.165) is 96.3 Å². The minimum Gasteiger partial charge on any atom is -0.462 e. The number of ether oxygens (including phenoxy) is 2. The number of nitrogens with zero attached hydrogens (tertiary/aromatic N) is 1. The molecule has 0 aliphatic carbocycles. The van der Waals surface area contributed by atoms with Gasteiger partial charge in [0.2, 0.25) is 0 Å². The summed E-state index contributed by atoms with van der Waals surface area (Å²) in [5.41, 5.74) is 0. The molecule has 2 atom stereocenters. The Hall–Kier alpha value is -2.81. The zero-order valence-electron chi connectivity index (χ0n) is 48.6. The number of likely N-dealkylation sites (N-methyl/N-ethyl adjacent to an activating group) is 1. The predicted molar refractivity (Wildman–Crippen MR) is 316 cm³/mol. The van der Waals surface area contributed by atoms with E-state index in [4.69, 9.17) is 18.5 Å². The lowest BCUT2D eigenvalue weighted by molar-refractivity contribution is -0.870. The Labute approximate surface area is 456 Å². The maximum absolute atomic E-state index is 12.8. The third-order valence-corrected chi connectivity index (χ3v) is 13.9. The Morgan fingerprint density at radius 3 is 1.15 bits per heavy atom. The number of hydrogen-bond acceptors (Lipinski definition) is 7. The topological polar surface area (TPSA) is 108 Å². The van der Waals surface area contributed by atoms with Crippen LogP contribution in [0.1, 0.15) is 258 Å². The number of rotatable bonds is 55. The van der Waals surface area contributed by atoms with Gasteiger partial charge in [0.15, 0.2) is 6.10 Å². The molecule has 0 fully saturated rings. The quantitative estimate of drug-likeness (QED) is 0.0211. The molecule has 0 rings (SSSR count). The third kappa shape index (κ3) is 58.5. The molecule has 0 aromatic rings. The van der Waals surface area contributed by atoms with E-state index in [-0.39, 0.29) is 32.0 Å². The van der Waals surface area contributed by atoms with Crippen LogP contribution in [0.15, 0.2) is 85.1 Å². The van der Waals surface area contributed by atoms with Crippen molar-refractivity contribution in [3.05, 3.63) is 85.1 Å². The molecule has 0 saturated carbocycles. The van der Waals surface area contributed by atoms with Gasteiger partial charge in [-0.1, -0.05) is 259 Å². The lowest BCUT2D eigenvalue weighted by Crippen LogP contribution is -2.37. The van der Waals surface area contributed by atoms with Crippen LogP contribution < -0.4 is 0 Å². The molecule has 0 amide bonds. The second kappa shape index (κ2) is 55.0. The highest BCUT2D eigenvalue weighted by Crippen LogP contribution is 2.43. The summed E-state index contributed by atoms with van der Waals surface area (Å²) in [6.07, 6.45) is 73.7. The summed E-state index contributed by atoms with van der Waals surface area (Å²) in [4.78, 5) is 35.7. The van der Waals surface area contributed by atoms with E-state index in [1.807, 2.05) is 21.1 Å². The molecule has 0 spiro atoms. The predicted octanol–water partition coefficient (Wildman–Crippen LogP) is 19.0. The number of carbonyl (C=O) groups excluding carboxylic acids is 2. The Morgan fingerprint density at radius 1 is 0.432 bits per heavy atom. The summed E-state index contributed by atoms with van der Waals surface area (Å²) in [6.45, 7) is 4.32. The Morgan fingerprint density at radius 2 is 0.770 bits per heavy atom. The van der Waals surface area contributed by atoms with Gasteiger partial charge in [0, 0.05) is 12.8 Å². The Balaban J connectivity index is 4.20. The van der Waals surface area contributed by atoms with Gasteiger partial charge >= 0.3 is 19.8 Å². The van der Waals surface area contributed by atoms with Gasteiger partial charge in [0.05, 0.1) is 27.7 Å². The zero-order chi connectivity index (χ0) is 54.2. The molecular weight excluding hydrogens is 942 g/mol. The number of carbonyl (C=O) groups is 2. The second-order valence-electron chi connectivity index (χ2n) is 21.4. The average Bonchev–Trinajstić information content (AvgIpc) is 3.36. The molecule has 2 unspecified atom stereocenters. The highest BCUT2D eigenvalue weighted by Gasteiger charge is 2.27. The van der Waals surface area contributed by atoms with Crippen molar-refractivity contribution in [2.45, 2.75) is 264 Å². The number of quaternary nitrogens is 1. The average molecular weight is 1060 g/mol. The molecule has 0 saturated heterocycles. The van der Waals surface area contributed by atoms with Gasteiger partial charge in [-0.15, -0.1) is 0 Å². The summed E-state index contributed by atoms with van der Waals surface area (Å²) in [6, 6.07) is 0. The molecule has 1 N–H and O–H groups in total. The molecule has 74 heavy (non-hydrogen) atoms. The summed E-state index contributed by atoms with van der Waals surface area (Å²) in [5.74, 6) is -0.815. The molecule has 0 bridgehead atoms. The molecule has 0 aliphatic heterocycles. The highest BCUT2D eigenvalue weighted by molar-refractivity contribution is 7.47. The third-order valence-electron chi connectivity index (χ3n) is 12.9. The summed E-state index contributed by atoms with van der Waals surface area (Å²) < 4.78 is 34.6. The summed E-state index contributed by atoms with van der Waals surface area (Å²) in [7, 11) is 1.46. The van der Waals surface area contributed by atoms with Crippen LogP contribution in [0.2, 0.25) is 0 Å². The molecule has 0 heterocycles. The van der Waals surface area contributed by atoms with Crippen molar-refractivity contribution in [1.82, 2.24) is 0 Å². The van der Waals surface area contributed by atoms with E-state index in [1.165, 1.54) is 128 Å². The molecule has 0 aromatic carbocycles. The smallest absolute Gasteiger partial charge is 0.462 e. The molecule has 10 heteroatoms. The molecule has 0 radical (unpaired) electrons. The minimum absolute atomic E-state index is 0.0247. The van der Waals surface area contributed by atoms with Crippen LogP contribution in [0, 0.1) is 0 Å². The molecule has 428 valence electrons. The minimum atomic E-state index is -4.40. The van der Waals surface area contributed by atoms with Crippen LogP contribution in [0.4, 0.5) is 0 Å². The largest absolute Gasteiger partial charge is 0.472 e. The van der Waals surface area contributed by atoms with Crippen molar-refractivity contribution in [1.29, 1.82) is 0 Å². The van der Waals surface area contributed by atoms with Gasteiger partial charge in [0.1, 0.15) is 19.8 Å². The SMILES string of the molecule is CC/C=C\C/C=C\C/C=C\C/C=C\C/C=C\C/C=C\C/C=C\CCCCCCCC(=O)OC(COC(=O)CCCCCCCCCCCCCCCCCCCCCCCCC)COP(=O)(O)OCC[N+](C)(C)C. The van der Waals surface area contributed by atoms with E-state index in [9.17, 15) is 19.0 Å². The number of phosphoric ester groups is 1. The first kappa shape index (κ1) is 71.2. The van der Waals surface area contributed by atoms with E-state index >= 15 is 0 Å². The number of unbranched alkanes of at least 4 members (excludes halogenated alkanes) is 27. The lowest BCUT2D eigenvalue weighted by atomic mass is 10.0. The fourth-order valence-corrected chi connectivity index (χ4v) is 9.03. The maximum atomic E-state index is 12.8. The normalized spacial score (nSPS) is 13.9. The Kier molecular flexibility index (Phi) is 52.9. The zero-order valence-corrected chi connectivity index (χ0v) is 49.5. The van der Waals surface area contributed by atoms with E-state index in [0.29, 0.717) is 17.4 Å². The maximum Gasteiger partial charge on any atom is 0.472 e. The van der Waals surface area contributed by atoms with Gasteiger partial charge in [-0.3, -0.25) is 18.6 Å². The van der Waals surface area contributed by atoms with Gasteiger partial charge in [-0.25, -0.2) is 4.57 Å². The van der Waals surface area contributed by atoms with Gasteiger partial charge in [-0.05, 0) is 70.6 Å².